The fourth-order valence-corrected chi connectivity index (χ4v) is 4.60. The van der Waals surface area contributed by atoms with Gasteiger partial charge in [-0.05, 0) is 37.0 Å². The fraction of sp³-hybridized carbons (Fsp3) is 0.304. The fourth-order valence-electron chi connectivity index (χ4n) is 3.44. The van der Waals surface area contributed by atoms with Crippen molar-refractivity contribution in [2.24, 2.45) is 0 Å². The molecular weight excluding hydrogens is 428 g/mol. The molecule has 0 unspecified atom stereocenters. The van der Waals surface area contributed by atoms with E-state index in [1.54, 1.807) is 24.6 Å². The first-order valence-electron chi connectivity index (χ1n) is 10.1. The molecule has 6 nitrogen and oxygen atoms in total. The van der Waals surface area contributed by atoms with Crippen LogP contribution in [-0.4, -0.2) is 33.3 Å². The van der Waals surface area contributed by atoms with Crippen molar-refractivity contribution in [3.05, 3.63) is 67.8 Å². The number of thiocarbonyl (C=S) groups is 1. The lowest BCUT2D eigenvalue weighted by atomic mass is 10.0. The van der Waals surface area contributed by atoms with Gasteiger partial charge in [0.25, 0.3) is 11.5 Å². The van der Waals surface area contributed by atoms with Crippen LogP contribution in [0.4, 0.5) is 5.82 Å². The number of likely N-dealkylation sites (N-methyl/N-ethyl adjacent to an activating group) is 1. The summed E-state index contributed by atoms with van der Waals surface area (Å²) in [6.45, 7) is 4.80. The molecule has 1 aliphatic rings. The van der Waals surface area contributed by atoms with Crippen LogP contribution in [0.2, 0.25) is 0 Å². The average Bonchev–Trinajstić information content (AvgIpc) is 3.01. The molecule has 1 N–H and O–H groups in total. The van der Waals surface area contributed by atoms with E-state index in [0.29, 0.717) is 39.3 Å². The lowest BCUT2D eigenvalue weighted by molar-refractivity contribution is -0.121. The van der Waals surface area contributed by atoms with Gasteiger partial charge in [-0.2, -0.15) is 5.26 Å². The van der Waals surface area contributed by atoms with Crippen molar-refractivity contribution in [2.45, 2.75) is 33.2 Å². The Bertz CT molecular complexity index is 1150. The number of hydrogen-bond donors (Lipinski definition) is 1. The van der Waals surface area contributed by atoms with Crippen LogP contribution in [0, 0.1) is 18.3 Å². The maximum atomic E-state index is 13.0. The molecule has 1 aliphatic heterocycles. The highest BCUT2D eigenvalue weighted by Gasteiger charge is 2.30. The molecule has 0 bridgehead atoms. The predicted octanol–water partition coefficient (Wildman–Crippen LogP) is 3.92. The van der Waals surface area contributed by atoms with Crippen LogP contribution in [0.5, 0.6) is 0 Å². The number of thioether (sulfide) groups is 1. The summed E-state index contributed by atoms with van der Waals surface area (Å²) in [7, 11) is 1.64. The van der Waals surface area contributed by atoms with Gasteiger partial charge in [-0.1, -0.05) is 61.2 Å². The van der Waals surface area contributed by atoms with Gasteiger partial charge < -0.3 is 5.32 Å². The van der Waals surface area contributed by atoms with Gasteiger partial charge in [0.2, 0.25) is 0 Å². The minimum absolute atomic E-state index is 0.0975. The molecule has 1 aromatic heterocycles. The number of anilines is 1. The smallest absolute Gasteiger partial charge is 0.270 e. The Morgan fingerprint density at radius 3 is 2.55 bits per heavy atom. The van der Waals surface area contributed by atoms with Gasteiger partial charge in [0, 0.05) is 25.7 Å². The second-order valence-electron chi connectivity index (χ2n) is 7.23. The molecule has 160 valence electrons. The first-order valence-corrected chi connectivity index (χ1v) is 11.3. The Kier molecular flexibility index (Phi) is 7.31. The zero-order chi connectivity index (χ0) is 22.5. The van der Waals surface area contributed by atoms with Gasteiger partial charge in [-0.15, -0.1) is 0 Å². The number of nitrogens with one attached hydrogen (secondary N) is 1. The quantitative estimate of drug-likeness (QED) is 0.507. The highest BCUT2D eigenvalue weighted by molar-refractivity contribution is 8.26. The standard InChI is InChI=1S/C23H24N4O2S2/c1-4-12-27-20(25-11-10-16-8-6-5-7-9-16)17(15(2)18(14-24)21(27)28)13-19-22(29)26(3)23(30)31-19/h5-9,13,25H,4,10-12H2,1-3H3/b19-13+. The van der Waals surface area contributed by atoms with Crippen LogP contribution >= 0.6 is 24.0 Å². The largest absolute Gasteiger partial charge is 0.371 e. The number of carbonyl (C=O) groups excluding carboxylic acids is 1. The molecular formula is C23H24N4O2S2. The third-order valence-corrected chi connectivity index (χ3v) is 6.62. The first-order chi connectivity index (χ1) is 14.9. The summed E-state index contributed by atoms with van der Waals surface area (Å²) in [6.07, 6.45) is 3.25. The van der Waals surface area contributed by atoms with Crippen molar-refractivity contribution in [1.82, 2.24) is 9.47 Å². The molecule has 2 heterocycles. The number of benzene rings is 1. The van der Waals surface area contributed by atoms with Gasteiger partial charge in [0.1, 0.15) is 21.8 Å². The molecule has 0 spiro atoms. The maximum absolute atomic E-state index is 13.0. The van der Waals surface area contributed by atoms with Crippen LogP contribution in [0.25, 0.3) is 6.08 Å². The predicted molar refractivity (Wildman–Crippen MR) is 130 cm³/mol. The number of aromatic nitrogens is 1. The lowest BCUT2D eigenvalue weighted by Gasteiger charge is -2.20. The monoisotopic (exact) mass is 452 g/mol. The van der Waals surface area contributed by atoms with Crippen molar-refractivity contribution in [1.29, 1.82) is 5.26 Å². The molecule has 0 radical (unpaired) electrons. The molecule has 2 aromatic rings. The van der Waals surface area contributed by atoms with Gasteiger partial charge in [-0.3, -0.25) is 19.1 Å². The summed E-state index contributed by atoms with van der Waals surface area (Å²) in [4.78, 5) is 27.5. The molecule has 0 saturated carbocycles. The lowest BCUT2D eigenvalue weighted by Crippen LogP contribution is -2.28. The van der Waals surface area contributed by atoms with Crippen LogP contribution in [0.3, 0.4) is 0 Å². The van der Waals surface area contributed by atoms with Crippen molar-refractivity contribution in [2.75, 3.05) is 18.9 Å². The number of amides is 1. The molecule has 3 rings (SSSR count). The summed E-state index contributed by atoms with van der Waals surface area (Å²) >= 11 is 6.47. The Morgan fingerprint density at radius 2 is 1.97 bits per heavy atom. The van der Waals surface area contributed by atoms with E-state index in [4.69, 9.17) is 12.2 Å². The van der Waals surface area contributed by atoms with Gasteiger partial charge >= 0.3 is 0 Å². The van der Waals surface area contributed by atoms with Crippen LogP contribution in [0.15, 0.2) is 40.0 Å². The van der Waals surface area contributed by atoms with Gasteiger partial charge in [0.05, 0.1) is 4.91 Å². The zero-order valence-electron chi connectivity index (χ0n) is 17.8. The minimum atomic E-state index is -0.316. The highest BCUT2D eigenvalue weighted by Crippen LogP contribution is 2.34. The number of rotatable bonds is 7. The van der Waals surface area contributed by atoms with Crippen molar-refractivity contribution < 1.29 is 4.79 Å². The minimum Gasteiger partial charge on any atom is -0.371 e. The third kappa shape index (κ3) is 4.73. The second kappa shape index (κ2) is 9.94. The Hall–Kier alpha value is -2.89. The molecule has 8 heteroatoms. The number of nitriles is 1. The highest BCUT2D eigenvalue weighted by atomic mass is 32.2. The number of carbonyl (C=O) groups is 1. The van der Waals surface area contributed by atoms with E-state index in [1.165, 1.54) is 22.2 Å². The van der Waals surface area contributed by atoms with E-state index >= 15 is 0 Å². The molecule has 31 heavy (non-hydrogen) atoms. The average molecular weight is 453 g/mol. The Morgan fingerprint density at radius 1 is 1.26 bits per heavy atom. The van der Waals surface area contributed by atoms with E-state index in [2.05, 4.69) is 17.4 Å². The first kappa shape index (κ1) is 22.8. The number of pyridine rings is 1. The second-order valence-corrected chi connectivity index (χ2v) is 8.91. The molecule has 0 atom stereocenters. The summed E-state index contributed by atoms with van der Waals surface area (Å²) in [6, 6.07) is 12.1. The van der Waals surface area contributed by atoms with Crippen molar-refractivity contribution >= 4 is 46.1 Å². The summed E-state index contributed by atoms with van der Waals surface area (Å²) in [5, 5.41) is 13.0. The van der Waals surface area contributed by atoms with E-state index in [1.807, 2.05) is 31.2 Å². The summed E-state index contributed by atoms with van der Waals surface area (Å²) < 4.78 is 2.09. The molecule has 1 aromatic carbocycles. The molecule has 0 aliphatic carbocycles. The normalized spacial score (nSPS) is 14.9. The topological polar surface area (TPSA) is 78.1 Å². The SMILES string of the molecule is CCCn1c(NCCc2ccccc2)c(/C=C2/SC(=S)N(C)C2=O)c(C)c(C#N)c1=O. The summed E-state index contributed by atoms with van der Waals surface area (Å²) in [5.74, 6) is 0.442. The Balaban J connectivity index is 2.09. The number of nitrogens with zero attached hydrogens (tertiary/aromatic N) is 3. The third-order valence-electron chi connectivity index (χ3n) is 5.13. The van der Waals surface area contributed by atoms with E-state index in [9.17, 15) is 14.9 Å². The van der Waals surface area contributed by atoms with Gasteiger partial charge in [-0.25, -0.2) is 0 Å². The van der Waals surface area contributed by atoms with E-state index < -0.39 is 0 Å². The van der Waals surface area contributed by atoms with Crippen LogP contribution in [0.1, 0.15) is 35.6 Å². The van der Waals surface area contributed by atoms with Crippen LogP contribution in [-0.2, 0) is 17.8 Å². The number of hydrogen-bond acceptors (Lipinski definition) is 6. The maximum Gasteiger partial charge on any atom is 0.270 e. The molecule has 1 saturated heterocycles. The van der Waals surface area contributed by atoms with E-state index in [0.717, 1.165) is 12.8 Å². The zero-order valence-corrected chi connectivity index (χ0v) is 19.4. The van der Waals surface area contributed by atoms with Gasteiger partial charge in [0.15, 0.2) is 0 Å². The van der Waals surface area contributed by atoms with Crippen LogP contribution < -0.4 is 10.9 Å². The van der Waals surface area contributed by atoms with Crippen molar-refractivity contribution in [3.8, 4) is 6.07 Å². The summed E-state index contributed by atoms with van der Waals surface area (Å²) in [5.41, 5.74) is 2.19. The van der Waals surface area contributed by atoms with Crippen molar-refractivity contribution in [3.63, 3.8) is 0 Å². The van der Waals surface area contributed by atoms with E-state index in [-0.39, 0.29) is 17.0 Å². The molecule has 1 amide bonds. The Labute approximate surface area is 191 Å². The molecule has 1 fully saturated rings.